The summed E-state index contributed by atoms with van der Waals surface area (Å²) in [6.07, 6.45) is 39.9. The Hall–Kier alpha value is -2.37. The van der Waals surface area contributed by atoms with E-state index in [0.29, 0.717) is 19.3 Å². The van der Waals surface area contributed by atoms with Crippen LogP contribution in [-0.4, -0.2) is 76.9 Å². The Morgan fingerprint density at radius 3 is 1.64 bits per heavy atom. The number of esters is 2. The highest BCUT2D eigenvalue weighted by atomic mass is 31.2. The fourth-order valence-electron chi connectivity index (χ4n) is 5.31. The lowest BCUT2D eigenvalue weighted by Crippen LogP contribution is -2.29. The van der Waals surface area contributed by atoms with Crippen molar-refractivity contribution in [2.75, 3.05) is 26.4 Å². The zero-order valence-electron chi connectivity index (χ0n) is 34.7. The van der Waals surface area contributed by atoms with E-state index in [2.05, 4.69) is 60.1 Å². The highest BCUT2D eigenvalue weighted by molar-refractivity contribution is 7.47. The summed E-state index contributed by atoms with van der Waals surface area (Å²) in [4.78, 5) is 34.9. The van der Waals surface area contributed by atoms with Crippen molar-refractivity contribution in [2.45, 2.75) is 180 Å². The molecule has 324 valence electrons. The maximum atomic E-state index is 12.6. The average molecular weight is 813 g/mol. The van der Waals surface area contributed by atoms with Gasteiger partial charge in [0.15, 0.2) is 6.10 Å². The molecule has 12 heteroatoms. The van der Waals surface area contributed by atoms with Gasteiger partial charge in [0.2, 0.25) is 0 Å². The zero-order chi connectivity index (χ0) is 41.4. The fraction of sp³-hybridized carbons (Fsp3) is 0.727. The molecule has 0 bridgehead atoms. The third-order valence-corrected chi connectivity index (χ3v) is 9.76. The molecule has 0 aromatic carbocycles. The van der Waals surface area contributed by atoms with E-state index in [0.717, 1.165) is 77.0 Å². The number of rotatable bonds is 39. The molecule has 0 aliphatic carbocycles. The van der Waals surface area contributed by atoms with Crippen LogP contribution in [0.15, 0.2) is 60.8 Å². The maximum absolute atomic E-state index is 12.6. The number of carbonyl (C=O) groups is 2. The molecule has 0 aromatic heterocycles. The molecule has 0 fully saturated rings. The van der Waals surface area contributed by atoms with E-state index in [-0.39, 0.29) is 25.6 Å². The number of aliphatic hydroxyl groups is 3. The Morgan fingerprint density at radius 1 is 0.571 bits per heavy atom. The molecule has 0 rings (SSSR count). The van der Waals surface area contributed by atoms with Crippen LogP contribution in [0.2, 0.25) is 0 Å². The highest BCUT2D eigenvalue weighted by Gasteiger charge is 2.27. The van der Waals surface area contributed by atoms with Crippen molar-refractivity contribution in [3.05, 3.63) is 60.8 Å². The molecule has 0 aliphatic heterocycles. The first kappa shape index (κ1) is 53.6. The van der Waals surface area contributed by atoms with E-state index in [1.54, 1.807) is 0 Å². The first-order valence-corrected chi connectivity index (χ1v) is 22.8. The van der Waals surface area contributed by atoms with Crippen LogP contribution in [-0.2, 0) is 32.7 Å². The molecule has 4 N–H and O–H groups in total. The Balaban J connectivity index is 4.44. The van der Waals surface area contributed by atoms with Gasteiger partial charge in [-0.25, -0.2) is 4.57 Å². The standard InChI is InChI=1S/C44H77O11P/c1-3-5-6-7-8-9-10-11-12-16-19-22-25-28-31-34-43(48)52-38-42(39-54-56(50,51)53-37-41(47)36-45)55-44(49)35-32-29-26-23-20-17-14-13-15-18-21-24-27-30-33-40(46)4-2/h11-12,14-15,17-18,23-24,26-27,40-42,45-47H,3-10,13,16,19-22,25,28-39H2,1-2H3,(H,50,51). The Kier molecular flexibility index (Phi) is 37.8. The van der Waals surface area contributed by atoms with Crippen molar-refractivity contribution >= 4 is 19.8 Å². The van der Waals surface area contributed by atoms with Crippen LogP contribution >= 0.6 is 7.82 Å². The number of unbranched alkanes of at least 4 members (excludes halogenated alkanes) is 12. The lowest BCUT2D eigenvalue weighted by molar-refractivity contribution is -0.161. The molecule has 0 radical (unpaired) electrons. The summed E-state index contributed by atoms with van der Waals surface area (Å²) < 4.78 is 32.6. The number of hydrogen-bond acceptors (Lipinski definition) is 10. The predicted octanol–water partition coefficient (Wildman–Crippen LogP) is 10.1. The van der Waals surface area contributed by atoms with Crippen LogP contribution < -0.4 is 0 Å². The van der Waals surface area contributed by atoms with Gasteiger partial charge in [0.05, 0.1) is 25.9 Å². The molecule has 4 unspecified atom stereocenters. The molecule has 0 saturated carbocycles. The second-order valence-corrected chi connectivity index (χ2v) is 15.6. The number of carbonyl (C=O) groups excluding carboxylic acids is 2. The number of hydrogen-bond donors (Lipinski definition) is 4. The number of ether oxygens (including phenoxy) is 2. The van der Waals surface area contributed by atoms with Crippen molar-refractivity contribution in [1.82, 2.24) is 0 Å². The largest absolute Gasteiger partial charge is 0.472 e. The summed E-state index contributed by atoms with van der Waals surface area (Å²) in [5, 5.41) is 27.9. The molecule has 0 saturated heterocycles. The summed E-state index contributed by atoms with van der Waals surface area (Å²) in [7, 11) is -4.64. The number of phosphoric acid groups is 1. The van der Waals surface area contributed by atoms with Crippen molar-refractivity contribution in [3.8, 4) is 0 Å². The van der Waals surface area contributed by atoms with E-state index < -0.39 is 51.8 Å². The molecular weight excluding hydrogens is 735 g/mol. The minimum Gasteiger partial charge on any atom is -0.462 e. The smallest absolute Gasteiger partial charge is 0.462 e. The summed E-state index contributed by atoms with van der Waals surface area (Å²) in [5.41, 5.74) is 0. The minimum atomic E-state index is -4.64. The van der Waals surface area contributed by atoms with Crippen molar-refractivity contribution < 1.29 is 52.9 Å². The number of aliphatic hydroxyl groups excluding tert-OH is 3. The van der Waals surface area contributed by atoms with E-state index in [1.165, 1.54) is 38.5 Å². The van der Waals surface area contributed by atoms with Crippen molar-refractivity contribution in [1.29, 1.82) is 0 Å². The monoisotopic (exact) mass is 813 g/mol. The zero-order valence-corrected chi connectivity index (χ0v) is 35.6. The van der Waals surface area contributed by atoms with Crippen LogP contribution in [0.5, 0.6) is 0 Å². The molecule has 0 heterocycles. The SMILES string of the molecule is CCCCCCCCC=CCCCCCCCC(=O)OCC(COP(=O)(O)OCC(O)CO)OC(=O)CCCC=CCC=CCC=CCC=CCCC(O)CC. The summed E-state index contributed by atoms with van der Waals surface area (Å²) >= 11 is 0. The van der Waals surface area contributed by atoms with Crippen LogP contribution in [0, 0.1) is 0 Å². The molecule has 56 heavy (non-hydrogen) atoms. The highest BCUT2D eigenvalue weighted by Crippen LogP contribution is 2.43. The van der Waals surface area contributed by atoms with E-state index in [4.69, 9.17) is 19.1 Å². The van der Waals surface area contributed by atoms with Gasteiger partial charge in [0.1, 0.15) is 12.7 Å². The Morgan fingerprint density at radius 2 is 1.05 bits per heavy atom. The van der Waals surface area contributed by atoms with E-state index >= 15 is 0 Å². The van der Waals surface area contributed by atoms with Gasteiger partial charge < -0.3 is 29.7 Å². The van der Waals surface area contributed by atoms with Gasteiger partial charge in [-0.15, -0.1) is 0 Å². The molecule has 11 nitrogen and oxygen atoms in total. The topological polar surface area (TPSA) is 169 Å². The summed E-state index contributed by atoms with van der Waals surface area (Å²) in [5.74, 6) is -1.02. The number of allylic oxidation sites excluding steroid dienone is 10. The van der Waals surface area contributed by atoms with Crippen molar-refractivity contribution in [3.63, 3.8) is 0 Å². The molecule has 0 aromatic rings. The molecule has 0 aliphatic rings. The summed E-state index contributed by atoms with van der Waals surface area (Å²) in [6.45, 7) is 2.00. The quantitative estimate of drug-likeness (QED) is 0.0202. The number of phosphoric ester groups is 1. The minimum absolute atomic E-state index is 0.0912. The van der Waals surface area contributed by atoms with Gasteiger partial charge in [-0.2, -0.15) is 0 Å². The van der Waals surface area contributed by atoms with Crippen LogP contribution in [0.25, 0.3) is 0 Å². The molecule has 0 spiro atoms. The lowest BCUT2D eigenvalue weighted by atomic mass is 10.1. The third kappa shape index (κ3) is 38.5. The lowest BCUT2D eigenvalue weighted by Gasteiger charge is -2.20. The van der Waals surface area contributed by atoms with Gasteiger partial charge in [-0.05, 0) is 83.5 Å². The van der Waals surface area contributed by atoms with Crippen LogP contribution in [0.4, 0.5) is 0 Å². The van der Waals surface area contributed by atoms with Gasteiger partial charge in [0, 0.05) is 12.8 Å². The van der Waals surface area contributed by atoms with Crippen LogP contribution in [0.1, 0.15) is 162 Å². The second kappa shape index (κ2) is 39.5. The van der Waals surface area contributed by atoms with E-state index in [1.807, 2.05) is 19.1 Å². The molecule has 0 amide bonds. The van der Waals surface area contributed by atoms with Gasteiger partial charge in [-0.1, -0.05) is 126 Å². The first-order valence-electron chi connectivity index (χ1n) is 21.3. The van der Waals surface area contributed by atoms with Crippen LogP contribution in [0.3, 0.4) is 0 Å². The fourth-order valence-corrected chi connectivity index (χ4v) is 6.10. The molecule has 4 atom stereocenters. The maximum Gasteiger partial charge on any atom is 0.472 e. The summed E-state index contributed by atoms with van der Waals surface area (Å²) in [6, 6.07) is 0. The Labute approximate surface area is 338 Å². The van der Waals surface area contributed by atoms with Crippen molar-refractivity contribution in [2.24, 2.45) is 0 Å². The average Bonchev–Trinajstić information content (AvgIpc) is 3.19. The molecular formula is C44H77O11P. The van der Waals surface area contributed by atoms with Gasteiger partial charge in [-0.3, -0.25) is 18.6 Å². The first-order chi connectivity index (χ1) is 27.1. The third-order valence-electron chi connectivity index (χ3n) is 8.81. The second-order valence-electron chi connectivity index (χ2n) is 14.2. The van der Waals surface area contributed by atoms with E-state index in [9.17, 15) is 29.3 Å². The Bertz CT molecular complexity index is 1130. The van der Waals surface area contributed by atoms with Gasteiger partial charge >= 0.3 is 19.8 Å². The predicted molar refractivity (Wildman–Crippen MR) is 225 cm³/mol. The normalized spacial score (nSPS) is 15.0. The van der Waals surface area contributed by atoms with Gasteiger partial charge in [0.25, 0.3) is 0 Å².